The molecule has 19 heavy (non-hydrogen) atoms. The molecule has 0 aliphatic heterocycles. The first-order valence-corrected chi connectivity index (χ1v) is 6.75. The van der Waals surface area contributed by atoms with Gasteiger partial charge in [-0.2, -0.15) is 0 Å². The summed E-state index contributed by atoms with van der Waals surface area (Å²) in [7, 11) is 0. The fourth-order valence-corrected chi connectivity index (χ4v) is 2.50. The van der Waals surface area contributed by atoms with Gasteiger partial charge in [0.1, 0.15) is 0 Å². The van der Waals surface area contributed by atoms with Crippen LogP contribution in [-0.4, -0.2) is 19.6 Å². The summed E-state index contributed by atoms with van der Waals surface area (Å²) in [4.78, 5) is 5.35. The van der Waals surface area contributed by atoms with Gasteiger partial charge in [0.2, 0.25) is 0 Å². The van der Waals surface area contributed by atoms with Crippen molar-refractivity contribution in [1.82, 2.24) is 19.6 Å². The summed E-state index contributed by atoms with van der Waals surface area (Å²) in [6, 6.07) is 9.72. The lowest BCUT2D eigenvalue weighted by molar-refractivity contribution is 0.777. The second-order valence-corrected chi connectivity index (χ2v) is 5.26. The second kappa shape index (κ2) is 4.99. The number of nitrogens with zero attached hydrogens (tertiary/aromatic N) is 4. The maximum atomic E-state index is 5.78. The van der Waals surface area contributed by atoms with Crippen molar-refractivity contribution in [2.75, 3.05) is 0 Å². The number of rotatable bonds is 3. The Morgan fingerprint density at radius 1 is 1.21 bits per heavy atom. The van der Waals surface area contributed by atoms with Crippen LogP contribution in [0.3, 0.4) is 0 Å². The number of fused-ring (bicyclic) bond motifs is 1. The van der Waals surface area contributed by atoms with E-state index in [2.05, 4.69) is 15.2 Å². The quantitative estimate of drug-likeness (QED) is 0.791. The van der Waals surface area contributed by atoms with E-state index in [0.717, 1.165) is 21.4 Å². The maximum absolute atomic E-state index is 5.78. The Morgan fingerprint density at radius 3 is 2.84 bits per heavy atom. The van der Waals surface area contributed by atoms with Crippen LogP contribution >= 0.6 is 11.8 Å². The zero-order chi connectivity index (χ0) is 13.2. The van der Waals surface area contributed by atoms with Crippen molar-refractivity contribution in [3.05, 3.63) is 48.4 Å². The van der Waals surface area contributed by atoms with Crippen LogP contribution in [-0.2, 0) is 0 Å². The molecule has 1 atom stereocenters. The number of hydrogen-bond donors (Lipinski definition) is 1. The Kier molecular flexibility index (Phi) is 3.18. The highest BCUT2D eigenvalue weighted by molar-refractivity contribution is 7.99. The van der Waals surface area contributed by atoms with Crippen molar-refractivity contribution in [3.63, 3.8) is 0 Å². The zero-order valence-corrected chi connectivity index (χ0v) is 11.2. The van der Waals surface area contributed by atoms with E-state index in [1.165, 1.54) is 11.8 Å². The highest BCUT2D eigenvalue weighted by Crippen LogP contribution is 2.26. The molecule has 0 saturated carbocycles. The van der Waals surface area contributed by atoms with Gasteiger partial charge < -0.3 is 5.73 Å². The van der Waals surface area contributed by atoms with Crippen LogP contribution in [0.15, 0.2) is 52.8 Å². The molecule has 0 aromatic carbocycles. The normalized spacial score (nSPS) is 12.7. The molecule has 0 aliphatic carbocycles. The van der Waals surface area contributed by atoms with E-state index < -0.39 is 0 Å². The minimum absolute atomic E-state index is 0.0482. The van der Waals surface area contributed by atoms with Crippen LogP contribution in [0.5, 0.6) is 0 Å². The summed E-state index contributed by atoms with van der Waals surface area (Å²) in [5.41, 5.74) is 7.50. The van der Waals surface area contributed by atoms with E-state index in [4.69, 9.17) is 5.73 Å². The average Bonchev–Trinajstić information content (AvgIpc) is 2.83. The van der Waals surface area contributed by atoms with Gasteiger partial charge in [-0.3, -0.25) is 9.38 Å². The van der Waals surface area contributed by atoms with Crippen LogP contribution in [0.4, 0.5) is 0 Å². The molecule has 3 aromatic rings. The van der Waals surface area contributed by atoms with Crippen molar-refractivity contribution >= 4 is 17.4 Å². The first-order chi connectivity index (χ1) is 9.24. The third-order valence-electron chi connectivity index (χ3n) is 2.72. The Labute approximate surface area is 114 Å². The number of aromatic nitrogens is 4. The molecule has 0 aliphatic rings. The van der Waals surface area contributed by atoms with E-state index in [1.54, 1.807) is 0 Å². The molecule has 5 nitrogen and oxygen atoms in total. The molecule has 3 aromatic heterocycles. The van der Waals surface area contributed by atoms with Crippen molar-refractivity contribution in [3.8, 4) is 0 Å². The van der Waals surface area contributed by atoms with Gasteiger partial charge in [0, 0.05) is 23.3 Å². The molecule has 3 heterocycles. The molecule has 0 radical (unpaired) electrons. The molecule has 0 amide bonds. The van der Waals surface area contributed by atoms with Crippen molar-refractivity contribution in [2.24, 2.45) is 5.73 Å². The largest absolute Gasteiger partial charge is 0.323 e. The minimum atomic E-state index is -0.0482. The summed E-state index contributed by atoms with van der Waals surface area (Å²) >= 11 is 1.53. The van der Waals surface area contributed by atoms with Crippen LogP contribution < -0.4 is 5.73 Å². The van der Waals surface area contributed by atoms with E-state index in [9.17, 15) is 0 Å². The van der Waals surface area contributed by atoms with Gasteiger partial charge in [-0.1, -0.05) is 6.07 Å². The monoisotopic (exact) mass is 271 g/mol. The highest BCUT2D eigenvalue weighted by Gasteiger charge is 2.07. The molecule has 0 saturated heterocycles. The number of hydrogen-bond acceptors (Lipinski definition) is 5. The van der Waals surface area contributed by atoms with Gasteiger partial charge in [-0.05, 0) is 43.0 Å². The summed E-state index contributed by atoms with van der Waals surface area (Å²) in [6.45, 7) is 1.92. The van der Waals surface area contributed by atoms with Crippen molar-refractivity contribution in [1.29, 1.82) is 0 Å². The minimum Gasteiger partial charge on any atom is -0.323 e. The lowest BCUT2D eigenvalue weighted by atomic mass is 10.2. The summed E-state index contributed by atoms with van der Waals surface area (Å²) < 4.78 is 1.95. The Hall–Kier alpha value is -1.92. The lowest BCUT2D eigenvalue weighted by Gasteiger charge is -2.05. The third kappa shape index (κ3) is 2.45. The first kappa shape index (κ1) is 12.1. The molecule has 3 rings (SSSR count). The first-order valence-electron chi connectivity index (χ1n) is 5.93. The number of pyridine rings is 2. The lowest BCUT2D eigenvalue weighted by Crippen LogP contribution is -2.06. The average molecular weight is 271 g/mol. The van der Waals surface area contributed by atoms with Gasteiger partial charge in [0.15, 0.2) is 10.8 Å². The van der Waals surface area contributed by atoms with Crippen LogP contribution in [0.2, 0.25) is 0 Å². The van der Waals surface area contributed by atoms with Crippen molar-refractivity contribution in [2.45, 2.75) is 23.0 Å². The van der Waals surface area contributed by atoms with Crippen LogP contribution in [0.25, 0.3) is 5.65 Å². The third-order valence-corrected chi connectivity index (χ3v) is 3.66. The number of nitrogens with two attached hydrogens (primary N) is 1. The topological polar surface area (TPSA) is 69.1 Å². The molecule has 2 N–H and O–H groups in total. The SMILES string of the molecule is C[C@H](N)c1ccc(Sc2nnc3ccccn23)cn1. The Balaban J connectivity index is 1.88. The molecule has 6 heteroatoms. The summed E-state index contributed by atoms with van der Waals surface area (Å²) in [5.74, 6) is 0. The van der Waals surface area contributed by atoms with Crippen LogP contribution in [0.1, 0.15) is 18.7 Å². The molecule has 0 bridgehead atoms. The van der Waals surface area contributed by atoms with Gasteiger partial charge in [-0.25, -0.2) is 0 Å². The van der Waals surface area contributed by atoms with Gasteiger partial charge in [0.05, 0.1) is 5.69 Å². The van der Waals surface area contributed by atoms with E-state index in [1.807, 2.05) is 54.0 Å². The summed E-state index contributed by atoms with van der Waals surface area (Å²) in [5, 5.41) is 9.11. The Bertz CT molecular complexity index is 690. The Morgan fingerprint density at radius 2 is 2.11 bits per heavy atom. The van der Waals surface area contributed by atoms with E-state index in [-0.39, 0.29) is 6.04 Å². The second-order valence-electron chi connectivity index (χ2n) is 4.22. The van der Waals surface area contributed by atoms with Crippen LogP contribution in [0, 0.1) is 0 Å². The fraction of sp³-hybridized carbons (Fsp3) is 0.154. The van der Waals surface area contributed by atoms with E-state index in [0.29, 0.717) is 0 Å². The molecule has 0 fully saturated rings. The maximum Gasteiger partial charge on any atom is 0.200 e. The predicted molar refractivity (Wildman–Crippen MR) is 73.9 cm³/mol. The zero-order valence-electron chi connectivity index (χ0n) is 10.4. The molecular formula is C13H13N5S. The van der Waals surface area contributed by atoms with Gasteiger partial charge in [0.25, 0.3) is 0 Å². The fourth-order valence-electron chi connectivity index (χ4n) is 1.72. The molecule has 96 valence electrons. The van der Waals surface area contributed by atoms with Gasteiger partial charge >= 0.3 is 0 Å². The van der Waals surface area contributed by atoms with Gasteiger partial charge in [-0.15, -0.1) is 10.2 Å². The highest BCUT2D eigenvalue weighted by atomic mass is 32.2. The predicted octanol–water partition coefficient (Wildman–Crippen LogP) is 2.30. The summed E-state index contributed by atoms with van der Waals surface area (Å²) in [6.07, 6.45) is 3.76. The van der Waals surface area contributed by atoms with Crippen molar-refractivity contribution < 1.29 is 0 Å². The van der Waals surface area contributed by atoms with E-state index >= 15 is 0 Å². The molecule has 0 unspecified atom stereocenters. The smallest absolute Gasteiger partial charge is 0.200 e. The molecule has 0 spiro atoms. The standard InChI is InChI=1S/C13H13N5S/c1-9(14)11-6-5-10(8-15-11)19-13-17-16-12-4-2-3-7-18(12)13/h2-9H,14H2,1H3/t9-/m0/s1. The molecular weight excluding hydrogens is 258 g/mol.